The van der Waals surface area contributed by atoms with E-state index in [1.807, 2.05) is 48.5 Å². The zero-order valence-corrected chi connectivity index (χ0v) is 18.2. The Balaban J connectivity index is 1.45. The summed E-state index contributed by atoms with van der Waals surface area (Å²) in [6.45, 7) is 1.91. The van der Waals surface area contributed by atoms with Crippen molar-refractivity contribution >= 4 is 17.3 Å². The normalized spacial score (nSPS) is 16.2. The van der Waals surface area contributed by atoms with Gasteiger partial charge in [0.15, 0.2) is 0 Å². The number of amides is 1. The van der Waals surface area contributed by atoms with Crippen molar-refractivity contribution in [3.05, 3.63) is 60.3 Å². The average molecular weight is 421 g/mol. The zero-order chi connectivity index (χ0) is 21.8. The van der Waals surface area contributed by atoms with E-state index in [0.29, 0.717) is 5.69 Å². The lowest BCUT2D eigenvalue weighted by molar-refractivity contribution is 0.0893. The molecule has 162 valence electrons. The number of ether oxygens (including phenoxy) is 2. The van der Waals surface area contributed by atoms with Crippen LogP contribution in [0.15, 0.2) is 54.6 Å². The molecule has 1 atom stereocenters. The Morgan fingerprint density at radius 3 is 2.68 bits per heavy atom. The summed E-state index contributed by atoms with van der Waals surface area (Å²) < 4.78 is 12.4. The summed E-state index contributed by atoms with van der Waals surface area (Å²) in [5, 5.41) is 7.46. The maximum atomic E-state index is 12.8. The number of carbonyl (C=O) groups excluding carboxylic acids is 1. The SMILES string of the molecule is COc1cccc(-c2cc(C(=O)Nc3ccc(N4CCCC(OC)C4)cc3)n(C)n2)c1. The molecule has 7 nitrogen and oxygen atoms in total. The van der Waals surface area contributed by atoms with Crippen LogP contribution in [0.4, 0.5) is 11.4 Å². The van der Waals surface area contributed by atoms with Gasteiger partial charge in [-0.2, -0.15) is 5.10 Å². The number of nitrogens with one attached hydrogen (secondary N) is 1. The fraction of sp³-hybridized carbons (Fsp3) is 0.333. The summed E-state index contributed by atoms with van der Waals surface area (Å²) in [5.74, 6) is 0.550. The first kappa shape index (κ1) is 20.9. The molecule has 1 N–H and O–H groups in total. The molecule has 1 aromatic heterocycles. The van der Waals surface area contributed by atoms with Gasteiger partial charge in [-0.05, 0) is 55.3 Å². The average Bonchev–Trinajstić information content (AvgIpc) is 3.21. The van der Waals surface area contributed by atoms with E-state index in [9.17, 15) is 4.79 Å². The number of carbonyl (C=O) groups is 1. The van der Waals surface area contributed by atoms with E-state index in [-0.39, 0.29) is 12.0 Å². The van der Waals surface area contributed by atoms with Gasteiger partial charge in [0.25, 0.3) is 5.91 Å². The van der Waals surface area contributed by atoms with Crippen LogP contribution in [0.3, 0.4) is 0 Å². The Morgan fingerprint density at radius 1 is 1.13 bits per heavy atom. The number of aromatic nitrogens is 2. The van der Waals surface area contributed by atoms with Crippen LogP contribution in [0.5, 0.6) is 5.75 Å². The largest absolute Gasteiger partial charge is 0.497 e. The maximum Gasteiger partial charge on any atom is 0.273 e. The third kappa shape index (κ3) is 4.72. The predicted molar refractivity (Wildman–Crippen MR) is 122 cm³/mol. The summed E-state index contributed by atoms with van der Waals surface area (Å²) >= 11 is 0. The fourth-order valence-corrected chi connectivity index (χ4v) is 3.92. The molecule has 1 aliphatic rings. The van der Waals surface area contributed by atoms with Crippen molar-refractivity contribution in [2.75, 3.05) is 37.5 Å². The molecule has 4 rings (SSSR count). The van der Waals surface area contributed by atoms with E-state index < -0.39 is 0 Å². The molecule has 0 spiro atoms. The van der Waals surface area contributed by atoms with Gasteiger partial charge in [0.05, 0.1) is 18.9 Å². The molecule has 31 heavy (non-hydrogen) atoms. The third-order valence-corrected chi connectivity index (χ3v) is 5.68. The first-order valence-electron chi connectivity index (χ1n) is 10.4. The number of benzene rings is 2. The van der Waals surface area contributed by atoms with E-state index in [4.69, 9.17) is 9.47 Å². The van der Waals surface area contributed by atoms with Crippen molar-refractivity contribution in [1.82, 2.24) is 9.78 Å². The second kappa shape index (κ2) is 9.22. The lowest BCUT2D eigenvalue weighted by atomic mass is 10.1. The highest BCUT2D eigenvalue weighted by atomic mass is 16.5. The van der Waals surface area contributed by atoms with E-state index in [0.717, 1.165) is 54.3 Å². The second-order valence-corrected chi connectivity index (χ2v) is 7.72. The van der Waals surface area contributed by atoms with Crippen LogP contribution in [0.1, 0.15) is 23.3 Å². The van der Waals surface area contributed by atoms with Gasteiger partial charge in [0.1, 0.15) is 11.4 Å². The van der Waals surface area contributed by atoms with Gasteiger partial charge in [-0.15, -0.1) is 0 Å². The number of anilines is 2. The molecule has 0 aliphatic carbocycles. The van der Waals surface area contributed by atoms with Crippen LogP contribution in [0.2, 0.25) is 0 Å². The zero-order valence-electron chi connectivity index (χ0n) is 18.2. The molecular formula is C24H28N4O3. The molecule has 1 amide bonds. The summed E-state index contributed by atoms with van der Waals surface area (Å²) in [4.78, 5) is 15.2. The quantitative estimate of drug-likeness (QED) is 0.654. The van der Waals surface area contributed by atoms with Crippen molar-refractivity contribution in [1.29, 1.82) is 0 Å². The Morgan fingerprint density at radius 2 is 1.94 bits per heavy atom. The van der Waals surface area contributed by atoms with E-state index in [1.165, 1.54) is 0 Å². The molecule has 0 saturated carbocycles. The molecule has 0 radical (unpaired) electrons. The Bertz CT molecular complexity index is 1050. The first-order chi connectivity index (χ1) is 15.1. The minimum atomic E-state index is -0.200. The fourth-order valence-electron chi connectivity index (χ4n) is 3.92. The molecular weight excluding hydrogens is 392 g/mol. The number of methoxy groups -OCH3 is 2. The topological polar surface area (TPSA) is 68.6 Å². The molecule has 3 aromatic rings. The molecule has 2 aromatic carbocycles. The van der Waals surface area contributed by atoms with Gasteiger partial charge >= 0.3 is 0 Å². The van der Waals surface area contributed by atoms with Gasteiger partial charge in [-0.1, -0.05) is 12.1 Å². The monoisotopic (exact) mass is 420 g/mol. The standard InChI is InChI=1S/C24H28N4O3/c1-27-23(15-22(26-27)17-6-4-7-20(14-17)30-2)24(29)25-18-9-11-19(12-10-18)28-13-5-8-21(16-28)31-3/h4,6-7,9-12,14-15,21H,5,8,13,16H2,1-3H3,(H,25,29). The van der Waals surface area contributed by atoms with Crippen LogP contribution in [-0.2, 0) is 11.8 Å². The number of hydrogen-bond acceptors (Lipinski definition) is 5. The summed E-state index contributed by atoms with van der Waals surface area (Å²) in [6.07, 6.45) is 2.49. The van der Waals surface area contributed by atoms with Crippen LogP contribution in [0.25, 0.3) is 11.3 Å². The molecule has 1 fully saturated rings. The number of rotatable bonds is 6. The molecule has 1 saturated heterocycles. The molecule has 0 bridgehead atoms. The molecule has 2 heterocycles. The summed E-state index contributed by atoms with van der Waals surface area (Å²) in [7, 11) is 5.16. The number of hydrogen-bond donors (Lipinski definition) is 1. The number of nitrogens with zero attached hydrogens (tertiary/aromatic N) is 3. The predicted octanol–water partition coefficient (Wildman–Crippen LogP) is 3.96. The van der Waals surface area contributed by atoms with E-state index in [1.54, 1.807) is 32.0 Å². The van der Waals surface area contributed by atoms with E-state index in [2.05, 4.69) is 15.3 Å². The number of piperidine rings is 1. The van der Waals surface area contributed by atoms with E-state index >= 15 is 0 Å². The van der Waals surface area contributed by atoms with Gasteiger partial charge in [-0.25, -0.2) is 0 Å². The summed E-state index contributed by atoms with van der Waals surface area (Å²) in [6, 6.07) is 17.4. The molecule has 1 unspecified atom stereocenters. The molecule has 7 heteroatoms. The highest BCUT2D eigenvalue weighted by Crippen LogP contribution is 2.25. The molecule has 1 aliphatic heterocycles. The van der Waals surface area contributed by atoms with Crippen LogP contribution in [-0.4, -0.2) is 49.1 Å². The van der Waals surface area contributed by atoms with Crippen molar-refractivity contribution in [2.45, 2.75) is 18.9 Å². The van der Waals surface area contributed by atoms with Crippen molar-refractivity contribution in [3.8, 4) is 17.0 Å². The lowest BCUT2D eigenvalue weighted by Crippen LogP contribution is -2.39. The third-order valence-electron chi connectivity index (χ3n) is 5.68. The second-order valence-electron chi connectivity index (χ2n) is 7.72. The Kier molecular flexibility index (Phi) is 6.23. The maximum absolute atomic E-state index is 12.8. The van der Waals surface area contributed by atoms with Gasteiger partial charge in [0.2, 0.25) is 0 Å². The first-order valence-corrected chi connectivity index (χ1v) is 10.4. The van der Waals surface area contributed by atoms with Gasteiger partial charge < -0.3 is 19.7 Å². The minimum absolute atomic E-state index is 0.200. The minimum Gasteiger partial charge on any atom is -0.497 e. The Hall–Kier alpha value is -3.32. The van der Waals surface area contributed by atoms with Crippen LogP contribution < -0.4 is 15.0 Å². The van der Waals surface area contributed by atoms with Gasteiger partial charge in [0, 0.05) is 44.2 Å². The highest BCUT2D eigenvalue weighted by Gasteiger charge is 2.20. The van der Waals surface area contributed by atoms with Crippen molar-refractivity contribution in [3.63, 3.8) is 0 Å². The van der Waals surface area contributed by atoms with Crippen molar-refractivity contribution < 1.29 is 14.3 Å². The van der Waals surface area contributed by atoms with Gasteiger partial charge in [-0.3, -0.25) is 9.48 Å². The Labute approximate surface area is 182 Å². The smallest absolute Gasteiger partial charge is 0.273 e. The highest BCUT2D eigenvalue weighted by molar-refractivity contribution is 6.03. The lowest BCUT2D eigenvalue weighted by Gasteiger charge is -2.33. The van der Waals surface area contributed by atoms with Crippen LogP contribution >= 0.6 is 0 Å². The number of aryl methyl sites for hydroxylation is 1. The van der Waals surface area contributed by atoms with Crippen molar-refractivity contribution in [2.24, 2.45) is 7.05 Å². The van der Waals surface area contributed by atoms with Crippen LogP contribution in [0, 0.1) is 0 Å². The summed E-state index contributed by atoms with van der Waals surface area (Å²) in [5.41, 5.74) is 3.99.